The summed E-state index contributed by atoms with van der Waals surface area (Å²) in [7, 11) is 0.979. The first-order valence-electron chi connectivity index (χ1n) is 5.05. The lowest BCUT2D eigenvalue weighted by Crippen LogP contribution is -2.41. The Kier molecular flexibility index (Phi) is 2.03. The van der Waals surface area contributed by atoms with Gasteiger partial charge in [-0.3, -0.25) is 0 Å². The fourth-order valence-electron chi connectivity index (χ4n) is 2.01. The Morgan fingerprint density at radius 1 is 1.07 bits per heavy atom. The Balaban J connectivity index is 2.75. The number of hydrogen-bond donors (Lipinski definition) is 0. The van der Waals surface area contributed by atoms with Crippen LogP contribution in [-0.2, 0) is 7.05 Å². The maximum atomic E-state index is 2.39. The first-order valence-corrected chi connectivity index (χ1v) is 8.55. The molecule has 0 aliphatic carbocycles. The van der Waals surface area contributed by atoms with Crippen molar-refractivity contribution in [3.05, 3.63) is 30.3 Å². The summed E-state index contributed by atoms with van der Waals surface area (Å²) in [6.45, 7) is 7.17. The number of aromatic nitrogens is 1. The molecule has 2 heteroatoms. The predicted molar refractivity (Wildman–Crippen MR) is 65.9 cm³/mol. The second-order valence-corrected chi connectivity index (χ2v) is 9.91. The lowest BCUT2D eigenvalue weighted by molar-refractivity contribution is 0.995. The minimum atomic E-state index is -1.20. The Labute approximate surface area is 86.4 Å². The van der Waals surface area contributed by atoms with Gasteiger partial charge in [-0.1, -0.05) is 37.8 Å². The van der Waals surface area contributed by atoms with Gasteiger partial charge in [0.15, 0.2) is 0 Å². The van der Waals surface area contributed by atoms with Crippen molar-refractivity contribution in [1.29, 1.82) is 0 Å². The van der Waals surface area contributed by atoms with Gasteiger partial charge in [0, 0.05) is 17.9 Å². The predicted octanol–water partition coefficient (Wildman–Crippen LogP) is 2.72. The van der Waals surface area contributed by atoms with Crippen molar-refractivity contribution >= 4 is 24.3 Å². The van der Waals surface area contributed by atoms with Gasteiger partial charge in [0.1, 0.15) is 0 Å². The average molecular weight is 203 g/mol. The van der Waals surface area contributed by atoms with Crippen LogP contribution in [0.4, 0.5) is 0 Å². The molecule has 0 aliphatic heterocycles. The molecule has 0 aliphatic rings. The second-order valence-electron chi connectivity index (χ2n) is 4.90. The summed E-state index contributed by atoms with van der Waals surface area (Å²) >= 11 is 0. The van der Waals surface area contributed by atoms with E-state index in [1.165, 1.54) is 16.2 Å². The van der Waals surface area contributed by atoms with E-state index in [0.29, 0.717) is 0 Å². The highest BCUT2D eigenvalue weighted by molar-refractivity contribution is 6.88. The molecule has 14 heavy (non-hydrogen) atoms. The SMILES string of the molecule is Cn1c([Si](C)(C)C)cc2ccccc21. The molecular formula is C12H17NSi. The van der Waals surface area contributed by atoms with Crippen LogP contribution in [-0.4, -0.2) is 12.6 Å². The van der Waals surface area contributed by atoms with Crippen molar-refractivity contribution in [1.82, 2.24) is 4.57 Å². The molecule has 1 heterocycles. The van der Waals surface area contributed by atoms with E-state index in [2.05, 4.69) is 61.6 Å². The maximum absolute atomic E-state index is 2.39. The van der Waals surface area contributed by atoms with Crippen molar-refractivity contribution < 1.29 is 0 Å². The molecule has 0 atom stereocenters. The van der Waals surface area contributed by atoms with Crippen molar-refractivity contribution in [2.45, 2.75) is 19.6 Å². The Morgan fingerprint density at radius 2 is 1.71 bits per heavy atom. The van der Waals surface area contributed by atoms with E-state index in [-0.39, 0.29) is 0 Å². The molecule has 0 radical (unpaired) electrons. The largest absolute Gasteiger partial charge is 0.352 e. The van der Waals surface area contributed by atoms with Crippen molar-refractivity contribution in [3.8, 4) is 0 Å². The molecule has 0 N–H and O–H groups in total. The summed E-state index contributed by atoms with van der Waals surface area (Å²) in [5, 5.41) is 2.89. The number of para-hydroxylation sites is 1. The van der Waals surface area contributed by atoms with Crippen molar-refractivity contribution in [2.24, 2.45) is 7.05 Å². The van der Waals surface area contributed by atoms with Crippen molar-refractivity contribution in [3.63, 3.8) is 0 Å². The van der Waals surface area contributed by atoms with Gasteiger partial charge in [-0.05, 0) is 17.5 Å². The summed E-state index contributed by atoms with van der Waals surface area (Å²) in [4.78, 5) is 0. The van der Waals surface area contributed by atoms with E-state index in [4.69, 9.17) is 0 Å². The van der Waals surface area contributed by atoms with Gasteiger partial charge in [-0.2, -0.15) is 0 Å². The van der Waals surface area contributed by atoms with Crippen LogP contribution in [0.25, 0.3) is 10.9 Å². The number of hydrogen-bond acceptors (Lipinski definition) is 0. The smallest absolute Gasteiger partial charge is 0.0984 e. The zero-order valence-electron chi connectivity index (χ0n) is 9.33. The molecule has 0 saturated carbocycles. The molecule has 0 spiro atoms. The van der Waals surface area contributed by atoms with Gasteiger partial charge in [-0.15, -0.1) is 0 Å². The number of benzene rings is 1. The fourth-order valence-corrected chi connectivity index (χ4v) is 3.72. The van der Waals surface area contributed by atoms with Crippen LogP contribution in [0.1, 0.15) is 0 Å². The van der Waals surface area contributed by atoms with Gasteiger partial charge in [0.25, 0.3) is 0 Å². The molecule has 0 saturated heterocycles. The van der Waals surface area contributed by atoms with Gasteiger partial charge >= 0.3 is 0 Å². The molecule has 0 fully saturated rings. The third-order valence-electron chi connectivity index (χ3n) is 2.72. The zero-order valence-corrected chi connectivity index (χ0v) is 10.3. The van der Waals surface area contributed by atoms with Gasteiger partial charge < -0.3 is 4.57 Å². The standard InChI is InChI=1S/C12H17NSi/c1-13-11-8-6-5-7-10(11)9-12(13)14(2,3)4/h5-9H,1-4H3. The Hall–Kier alpha value is -1.02. The summed E-state index contributed by atoms with van der Waals surface area (Å²) in [5.74, 6) is 0. The third kappa shape index (κ3) is 1.40. The van der Waals surface area contributed by atoms with E-state index in [9.17, 15) is 0 Å². The summed E-state index contributed by atoms with van der Waals surface area (Å²) in [5.41, 5.74) is 1.35. The number of nitrogens with zero attached hydrogens (tertiary/aromatic N) is 1. The molecule has 1 aromatic heterocycles. The highest BCUT2D eigenvalue weighted by atomic mass is 28.3. The number of aryl methyl sites for hydroxylation is 1. The van der Waals surface area contributed by atoms with E-state index in [0.717, 1.165) is 0 Å². The Bertz CT molecular complexity index is 463. The molecule has 0 unspecified atom stereocenters. The first kappa shape index (κ1) is 9.53. The zero-order chi connectivity index (χ0) is 10.3. The first-order chi connectivity index (χ1) is 6.50. The van der Waals surface area contributed by atoms with Gasteiger partial charge in [0.2, 0.25) is 0 Å². The lowest BCUT2D eigenvalue weighted by Gasteiger charge is -2.17. The minimum absolute atomic E-state index is 1.20. The highest BCUT2D eigenvalue weighted by Crippen LogP contribution is 2.15. The van der Waals surface area contributed by atoms with Crippen LogP contribution >= 0.6 is 0 Å². The molecule has 2 rings (SSSR count). The topological polar surface area (TPSA) is 4.93 Å². The molecule has 0 bridgehead atoms. The van der Waals surface area contributed by atoms with Crippen LogP contribution in [0.2, 0.25) is 19.6 Å². The van der Waals surface area contributed by atoms with Crippen LogP contribution in [0.5, 0.6) is 0 Å². The molecular weight excluding hydrogens is 186 g/mol. The van der Waals surface area contributed by atoms with Crippen LogP contribution in [0.3, 0.4) is 0 Å². The second kappa shape index (κ2) is 2.99. The van der Waals surface area contributed by atoms with Gasteiger partial charge in [0.05, 0.1) is 8.07 Å². The normalized spacial score (nSPS) is 12.3. The fraction of sp³-hybridized carbons (Fsp3) is 0.333. The number of fused-ring (bicyclic) bond motifs is 1. The molecule has 1 nitrogen and oxygen atoms in total. The molecule has 1 aromatic carbocycles. The van der Waals surface area contributed by atoms with E-state index in [1.807, 2.05) is 0 Å². The Morgan fingerprint density at radius 3 is 2.29 bits per heavy atom. The minimum Gasteiger partial charge on any atom is -0.352 e. The lowest BCUT2D eigenvalue weighted by atomic mass is 10.2. The van der Waals surface area contributed by atoms with Crippen LogP contribution in [0.15, 0.2) is 30.3 Å². The molecule has 2 aromatic rings. The van der Waals surface area contributed by atoms with E-state index < -0.39 is 8.07 Å². The van der Waals surface area contributed by atoms with E-state index >= 15 is 0 Å². The number of rotatable bonds is 1. The summed E-state index contributed by atoms with van der Waals surface area (Å²) in [6.07, 6.45) is 0. The third-order valence-corrected chi connectivity index (χ3v) is 4.74. The summed E-state index contributed by atoms with van der Waals surface area (Å²) in [6, 6.07) is 11.0. The van der Waals surface area contributed by atoms with Crippen molar-refractivity contribution in [2.75, 3.05) is 0 Å². The van der Waals surface area contributed by atoms with Crippen LogP contribution in [0, 0.1) is 0 Å². The van der Waals surface area contributed by atoms with E-state index in [1.54, 1.807) is 0 Å². The van der Waals surface area contributed by atoms with Gasteiger partial charge in [-0.25, -0.2) is 0 Å². The molecule has 0 amide bonds. The average Bonchev–Trinajstić information content (AvgIpc) is 2.44. The summed E-state index contributed by atoms with van der Waals surface area (Å²) < 4.78 is 2.35. The maximum Gasteiger partial charge on any atom is 0.0984 e. The molecule has 74 valence electrons. The highest BCUT2D eigenvalue weighted by Gasteiger charge is 2.20. The quantitative estimate of drug-likeness (QED) is 0.628. The monoisotopic (exact) mass is 203 g/mol. The van der Waals surface area contributed by atoms with Crippen LogP contribution < -0.4 is 5.32 Å².